The number of hydrogen-bond donors (Lipinski definition) is 1. The Balaban J connectivity index is 1.76. The van der Waals surface area contributed by atoms with Crippen LogP contribution in [-0.2, 0) is 16.1 Å². The van der Waals surface area contributed by atoms with Crippen molar-refractivity contribution in [2.45, 2.75) is 6.54 Å². The van der Waals surface area contributed by atoms with Crippen molar-refractivity contribution in [1.82, 2.24) is 15.2 Å². The Bertz CT molecular complexity index is 410. The number of amides is 2. The van der Waals surface area contributed by atoms with E-state index in [0.717, 1.165) is 5.56 Å². The van der Waals surface area contributed by atoms with Gasteiger partial charge in [-0.15, -0.1) is 11.8 Å². The third kappa shape index (κ3) is 3.45. The molecule has 1 aromatic rings. The molecule has 1 aliphatic heterocycles. The van der Waals surface area contributed by atoms with E-state index < -0.39 is 0 Å². The summed E-state index contributed by atoms with van der Waals surface area (Å²) in [4.78, 5) is 28.4. The van der Waals surface area contributed by atoms with Gasteiger partial charge in [-0.05, 0) is 11.6 Å². The standard InChI is InChI=1S/C11H13N3O2S/c15-10(6-14-8-17-7-11(14)16)13-5-9-2-1-3-12-4-9/h1-4H,5-8H2,(H,13,15). The SMILES string of the molecule is O=C(CN1CSCC1=O)NCc1cccnc1. The van der Waals surface area contributed by atoms with Gasteiger partial charge in [-0.2, -0.15) is 0 Å². The van der Waals surface area contributed by atoms with Crippen LogP contribution in [0.2, 0.25) is 0 Å². The maximum atomic E-state index is 11.6. The van der Waals surface area contributed by atoms with Gasteiger partial charge in [0.15, 0.2) is 0 Å². The molecule has 0 atom stereocenters. The molecular formula is C11H13N3O2S. The van der Waals surface area contributed by atoms with E-state index in [4.69, 9.17) is 0 Å². The summed E-state index contributed by atoms with van der Waals surface area (Å²) in [6.45, 7) is 0.591. The molecular weight excluding hydrogens is 238 g/mol. The second-order valence-electron chi connectivity index (χ2n) is 3.71. The minimum absolute atomic E-state index is 0.0338. The van der Waals surface area contributed by atoms with Crippen LogP contribution >= 0.6 is 11.8 Å². The summed E-state index contributed by atoms with van der Waals surface area (Å²) in [7, 11) is 0. The van der Waals surface area contributed by atoms with Crippen LogP contribution in [0, 0.1) is 0 Å². The molecule has 0 aliphatic carbocycles. The van der Waals surface area contributed by atoms with Gasteiger partial charge in [0.2, 0.25) is 11.8 Å². The fourth-order valence-electron chi connectivity index (χ4n) is 1.47. The van der Waals surface area contributed by atoms with Crippen LogP contribution in [0.5, 0.6) is 0 Å². The van der Waals surface area contributed by atoms with Gasteiger partial charge >= 0.3 is 0 Å². The van der Waals surface area contributed by atoms with Crippen molar-refractivity contribution < 1.29 is 9.59 Å². The summed E-state index contributed by atoms with van der Waals surface area (Å²) >= 11 is 1.53. The monoisotopic (exact) mass is 251 g/mol. The average Bonchev–Trinajstić information content (AvgIpc) is 2.74. The van der Waals surface area contributed by atoms with E-state index in [-0.39, 0.29) is 18.4 Å². The molecule has 1 saturated heterocycles. The summed E-state index contributed by atoms with van der Waals surface area (Å²) < 4.78 is 0. The second-order valence-corrected chi connectivity index (χ2v) is 4.66. The van der Waals surface area contributed by atoms with Gasteiger partial charge in [0.05, 0.1) is 11.6 Å². The summed E-state index contributed by atoms with van der Waals surface area (Å²) in [5.74, 6) is 0.992. The summed E-state index contributed by atoms with van der Waals surface area (Å²) in [6, 6.07) is 3.71. The first-order valence-electron chi connectivity index (χ1n) is 5.27. The largest absolute Gasteiger partial charge is 0.350 e. The molecule has 0 bridgehead atoms. The van der Waals surface area contributed by atoms with Crippen LogP contribution < -0.4 is 5.32 Å². The lowest BCUT2D eigenvalue weighted by Gasteiger charge is -2.14. The molecule has 0 spiro atoms. The fourth-order valence-corrected chi connectivity index (χ4v) is 2.38. The molecule has 6 heteroatoms. The smallest absolute Gasteiger partial charge is 0.239 e. The first-order valence-corrected chi connectivity index (χ1v) is 6.42. The zero-order valence-corrected chi connectivity index (χ0v) is 10.1. The van der Waals surface area contributed by atoms with E-state index in [1.807, 2.05) is 12.1 Å². The van der Waals surface area contributed by atoms with E-state index in [2.05, 4.69) is 10.3 Å². The highest BCUT2D eigenvalue weighted by atomic mass is 32.2. The number of nitrogens with zero attached hydrogens (tertiary/aromatic N) is 2. The molecule has 1 aliphatic rings. The third-order valence-electron chi connectivity index (χ3n) is 2.37. The lowest BCUT2D eigenvalue weighted by atomic mass is 10.3. The van der Waals surface area contributed by atoms with Gasteiger partial charge in [0, 0.05) is 18.9 Å². The molecule has 2 amide bonds. The Morgan fingerprint density at radius 3 is 3.12 bits per heavy atom. The predicted molar refractivity (Wildman–Crippen MR) is 65.1 cm³/mol. The molecule has 17 heavy (non-hydrogen) atoms. The topological polar surface area (TPSA) is 62.3 Å². The number of carbonyl (C=O) groups excluding carboxylic acids is 2. The Labute approximate surface area is 104 Å². The maximum absolute atomic E-state index is 11.6. The van der Waals surface area contributed by atoms with E-state index in [1.54, 1.807) is 17.3 Å². The van der Waals surface area contributed by atoms with E-state index in [9.17, 15) is 9.59 Å². The van der Waals surface area contributed by atoms with E-state index in [1.165, 1.54) is 11.8 Å². The summed E-state index contributed by atoms with van der Waals surface area (Å²) in [5, 5.41) is 2.76. The number of rotatable bonds is 4. The Kier molecular flexibility index (Phi) is 3.98. The molecule has 5 nitrogen and oxygen atoms in total. The van der Waals surface area contributed by atoms with Crippen molar-refractivity contribution in [3.05, 3.63) is 30.1 Å². The molecule has 0 radical (unpaired) electrons. The summed E-state index contributed by atoms with van der Waals surface area (Å²) in [6.07, 6.45) is 3.39. The zero-order chi connectivity index (χ0) is 12.1. The van der Waals surface area contributed by atoms with E-state index in [0.29, 0.717) is 18.2 Å². The first-order chi connectivity index (χ1) is 8.25. The maximum Gasteiger partial charge on any atom is 0.239 e. The molecule has 2 heterocycles. The van der Waals surface area contributed by atoms with Crippen molar-refractivity contribution in [3.63, 3.8) is 0 Å². The van der Waals surface area contributed by atoms with Crippen molar-refractivity contribution in [2.75, 3.05) is 18.2 Å². The van der Waals surface area contributed by atoms with Gasteiger partial charge < -0.3 is 10.2 Å². The van der Waals surface area contributed by atoms with Gasteiger partial charge in [0.1, 0.15) is 6.54 Å². The van der Waals surface area contributed by atoms with Gasteiger partial charge in [-0.1, -0.05) is 6.07 Å². The van der Waals surface area contributed by atoms with Gasteiger partial charge in [-0.3, -0.25) is 14.6 Å². The molecule has 2 rings (SSSR count). The fraction of sp³-hybridized carbons (Fsp3) is 0.364. The molecule has 1 N–H and O–H groups in total. The second kappa shape index (κ2) is 5.67. The zero-order valence-electron chi connectivity index (χ0n) is 9.26. The van der Waals surface area contributed by atoms with Gasteiger partial charge in [-0.25, -0.2) is 0 Å². The van der Waals surface area contributed by atoms with Crippen LogP contribution in [-0.4, -0.2) is 39.9 Å². The number of carbonyl (C=O) groups is 2. The normalized spacial score (nSPS) is 15.1. The van der Waals surface area contributed by atoms with Crippen LogP contribution in [0.3, 0.4) is 0 Å². The van der Waals surface area contributed by atoms with Crippen LogP contribution in [0.25, 0.3) is 0 Å². The lowest BCUT2D eigenvalue weighted by Crippen LogP contribution is -2.37. The third-order valence-corrected chi connectivity index (χ3v) is 3.32. The first kappa shape index (κ1) is 11.9. The molecule has 0 unspecified atom stereocenters. The quantitative estimate of drug-likeness (QED) is 0.832. The Morgan fingerprint density at radius 2 is 2.47 bits per heavy atom. The number of aromatic nitrogens is 1. The molecule has 1 fully saturated rings. The van der Waals surface area contributed by atoms with Crippen LogP contribution in [0.15, 0.2) is 24.5 Å². The number of hydrogen-bond acceptors (Lipinski definition) is 4. The van der Waals surface area contributed by atoms with Crippen molar-refractivity contribution in [3.8, 4) is 0 Å². The minimum Gasteiger partial charge on any atom is -0.350 e. The van der Waals surface area contributed by atoms with Crippen molar-refractivity contribution in [1.29, 1.82) is 0 Å². The van der Waals surface area contributed by atoms with Gasteiger partial charge in [0.25, 0.3) is 0 Å². The minimum atomic E-state index is -0.135. The number of thioether (sulfide) groups is 1. The molecule has 1 aromatic heterocycles. The highest BCUT2D eigenvalue weighted by Gasteiger charge is 2.22. The van der Waals surface area contributed by atoms with Crippen molar-refractivity contribution in [2.24, 2.45) is 0 Å². The Hall–Kier alpha value is -1.56. The average molecular weight is 251 g/mol. The number of pyridine rings is 1. The lowest BCUT2D eigenvalue weighted by molar-refractivity contribution is -0.132. The van der Waals surface area contributed by atoms with E-state index >= 15 is 0 Å². The highest BCUT2D eigenvalue weighted by Crippen LogP contribution is 2.13. The molecule has 0 aromatic carbocycles. The highest BCUT2D eigenvalue weighted by molar-refractivity contribution is 8.00. The number of nitrogens with one attached hydrogen (secondary N) is 1. The van der Waals surface area contributed by atoms with Crippen LogP contribution in [0.1, 0.15) is 5.56 Å². The molecule has 0 saturated carbocycles. The van der Waals surface area contributed by atoms with Crippen LogP contribution in [0.4, 0.5) is 0 Å². The Morgan fingerprint density at radius 1 is 1.59 bits per heavy atom. The molecule has 90 valence electrons. The summed E-state index contributed by atoms with van der Waals surface area (Å²) in [5.41, 5.74) is 0.947. The van der Waals surface area contributed by atoms with Crippen molar-refractivity contribution >= 4 is 23.6 Å². The predicted octanol–water partition coefficient (Wildman–Crippen LogP) is 0.231.